The number of aliphatic hydroxyl groups is 2. The molecule has 27 heavy (non-hydrogen) atoms. The number of fused-ring (bicyclic) bond motifs is 5. The zero-order chi connectivity index (χ0) is 19.4. The van der Waals surface area contributed by atoms with Crippen LogP contribution in [-0.4, -0.2) is 29.0 Å². The summed E-state index contributed by atoms with van der Waals surface area (Å²) in [6, 6.07) is 7.75. The van der Waals surface area contributed by atoms with Gasteiger partial charge in [0, 0.05) is 17.2 Å². The predicted molar refractivity (Wildman–Crippen MR) is 98.2 cm³/mol. The summed E-state index contributed by atoms with van der Waals surface area (Å²) in [7, 11) is 1.57. The number of rotatable bonds is 3. The summed E-state index contributed by atoms with van der Waals surface area (Å²) in [4.78, 5) is 0. The number of methoxy groups -OCH3 is 1. The Morgan fingerprint density at radius 2 is 1.93 bits per heavy atom. The zero-order valence-electron chi connectivity index (χ0n) is 15.4. The highest BCUT2D eigenvalue weighted by molar-refractivity contribution is 5.60. The molecule has 0 radical (unpaired) electrons. The molecule has 142 valence electrons. The van der Waals surface area contributed by atoms with Crippen LogP contribution in [0.5, 0.6) is 23.0 Å². The Kier molecular flexibility index (Phi) is 3.87. The van der Waals surface area contributed by atoms with Crippen LogP contribution in [-0.2, 0) is 17.8 Å². The highest BCUT2D eigenvalue weighted by Crippen LogP contribution is 2.58. The molecule has 2 aromatic rings. The van der Waals surface area contributed by atoms with E-state index in [0.29, 0.717) is 23.5 Å². The summed E-state index contributed by atoms with van der Waals surface area (Å²) in [5.74, 6) is -0.745. The van der Waals surface area contributed by atoms with Crippen LogP contribution >= 0.6 is 0 Å². The quantitative estimate of drug-likeness (QED) is 0.720. The van der Waals surface area contributed by atoms with Crippen LogP contribution in [0.25, 0.3) is 0 Å². The van der Waals surface area contributed by atoms with Crippen molar-refractivity contribution in [2.24, 2.45) is 0 Å². The van der Waals surface area contributed by atoms with Gasteiger partial charge in [0.2, 0.25) is 0 Å². The maximum Gasteiger partial charge on any atom is 0.275 e. The van der Waals surface area contributed by atoms with Crippen molar-refractivity contribution in [3.8, 4) is 23.0 Å². The van der Waals surface area contributed by atoms with E-state index in [-0.39, 0.29) is 23.7 Å². The number of benzene rings is 2. The molecule has 0 unspecified atom stereocenters. The van der Waals surface area contributed by atoms with Gasteiger partial charge in [0.05, 0.1) is 12.7 Å². The molecule has 2 aliphatic rings. The summed E-state index contributed by atoms with van der Waals surface area (Å²) < 4.78 is 17.1. The van der Waals surface area contributed by atoms with Crippen LogP contribution in [0.15, 0.2) is 42.0 Å². The molecular formula is C21H22O6. The van der Waals surface area contributed by atoms with Gasteiger partial charge < -0.3 is 29.5 Å². The van der Waals surface area contributed by atoms with Gasteiger partial charge in [0.25, 0.3) is 5.79 Å². The zero-order valence-corrected chi connectivity index (χ0v) is 15.4. The van der Waals surface area contributed by atoms with Gasteiger partial charge in [0.15, 0.2) is 5.60 Å². The molecular weight excluding hydrogens is 348 g/mol. The second kappa shape index (κ2) is 5.90. The molecule has 0 fully saturated rings. The van der Waals surface area contributed by atoms with Gasteiger partial charge in [-0.25, -0.2) is 0 Å². The molecule has 0 aliphatic carbocycles. The first-order valence-corrected chi connectivity index (χ1v) is 8.74. The van der Waals surface area contributed by atoms with Crippen LogP contribution in [0.4, 0.5) is 0 Å². The molecule has 0 bridgehead atoms. The molecule has 0 saturated heterocycles. The predicted octanol–water partition coefficient (Wildman–Crippen LogP) is 2.73. The second-order valence-electron chi connectivity index (χ2n) is 7.18. The third-order valence-electron chi connectivity index (χ3n) is 5.17. The Morgan fingerprint density at radius 3 is 2.63 bits per heavy atom. The van der Waals surface area contributed by atoms with Gasteiger partial charge in [-0.15, -0.1) is 0 Å². The molecule has 2 heterocycles. The minimum atomic E-state index is -2.03. The van der Waals surface area contributed by atoms with Gasteiger partial charge in [-0.05, 0) is 44.5 Å². The van der Waals surface area contributed by atoms with Gasteiger partial charge in [-0.2, -0.15) is 0 Å². The molecule has 6 nitrogen and oxygen atoms in total. The van der Waals surface area contributed by atoms with Crippen molar-refractivity contribution in [2.45, 2.75) is 31.7 Å². The monoisotopic (exact) mass is 370 g/mol. The normalized spacial score (nSPS) is 24.8. The van der Waals surface area contributed by atoms with E-state index in [2.05, 4.69) is 0 Å². The van der Waals surface area contributed by atoms with Crippen molar-refractivity contribution in [2.75, 3.05) is 13.7 Å². The number of hydrogen-bond acceptors (Lipinski definition) is 6. The van der Waals surface area contributed by atoms with Gasteiger partial charge in [-0.3, -0.25) is 0 Å². The summed E-state index contributed by atoms with van der Waals surface area (Å²) in [6.45, 7) is 3.78. The number of ether oxygens (including phenoxy) is 3. The van der Waals surface area contributed by atoms with Crippen LogP contribution in [0.3, 0.4) is 0 Å². The van der Waals surface area contributed by atoms with Crippen molar-refractivity contribution in [1.29, 1.82) is 0 Å². The van der Waals surface area contributed by atoms with Crippen LogP contribution in [0.2, 0.25) is 0 Å². The standard InChI is InChI=1S/C21H22O6/c1-12(2)4-6-14-17(25-3)9-8-16-19(14)27-21(24)15-7-5-13(22)10-18(15)26-11-20(16,21)23/h4-5,7-10,22-24H,6,11H2,1-3H3/t20-,21+/m1/s1. The van der Waals surface area contributed by atoms with Crippen molar-refractivity contribution in [1.82, 2.24) is 0 Å². The van der Waals surface area contributed by atoms with Crippen molar-refractivity contribution >= 4 is 0 Å². The first-order chi connectivity index (χ1) is 12.8. The van der Waals surface area contributed by atoms with E-state index in [1.807, 2.05) is 19.9 Å². The SMILES string of the molecule is COc1ccc2c(c1CC=C(C)C)O[C@@]1(O)c3ccc(O)cc3OC[C@@]21O. The van der Waals surface area contributed by atoms with E-state index in [0.717, 1.165) is 11.1 Å². The highest BCUT2D eigenvalue weighted by Gasteiger charge is 2.64. The lowest BCUT2D eigenvalue weighted by Gasteiger charge is -2.40. The van der Waals surface area contributed by atoms with Crippen LogP contribution in [0.1, 0.15) is 30.5 Å². The fourth-order valence-corrected chi connectivity index (χ4v) is 3.70. The summed E-state index contributed by atoms with van der Waals surface area (Å²) in [5, 5.41) is 32.5. The number of phenolic OH excluding ortho intramolecular Hbond substituents is 1. The van der Waals surface area contributed by atoms with E-state index in [9.17, 15) is 15.3 Å². The molecule has 3 N–H and O–H groups in total. The Bertz CT molecular complexity index is 946. The summed E-state index contributed by atoms with van der Waals surface area (Å²) in [5.41, 5.74) is 0.802. The van der Waals surface area contributed by atoms with Crippen LogP contribution in [0, 0.1) is 0 Å². The first kappa shape index (κ1) is 17.7. The minimum Gasteiger partial charge on any atom is -0.508 e. The average molecular weight is 370 g/mol. The van der Waals surface area contributed by atoms with Crippen molar-refractivity contribution in [3.05, 3.63) is 58.7 Å². The van der Waals surface area contributed by atoms with Gasteiger partial charge >= 0.3 is 0 Å². The maximum atomic E-state index is 11.4. The molecule has 4 rings (SSSR count). The lowest BCUT2D eigenvalue weighted by molar-refractivity contribution is -0.272. The second-order valence-corrected chi connectivity index (χ2v) is 7.18. The highest BCUT2D eigenvalue weighted by atomic mass is 16.7. The van der Waals surface area contributed by atoms with Gasteiger partial charge in [-0.1, -0.05) is 11.6 Å². The summed E-state index contributed by atoms with van der Waals surface area (Å²) >= 11 is 0. The molecule has 2 aromatic carbocycles. The molecule has 0 amide bonds. The van der Waals surface area contributed by atoms with E-state index < -0.39 is 11.4 Å². The molecule has 6 heteroatoms. The number of aromatic hydroxyl groups is 1. The lowest BCUT2D eigenvalue weighted by Crippen LogP contribution is -2.55. The van der Waals surface area contributed by atoms with Crippen LogP contribution < -0.4 is 14.2 Å². The lowest BCUT2D eigenvalue weighted by atomic mass is 9.81. The third kappa shape index (κ3) is 2.40. The third-order valence-corrected chi connectivity index (χ3v) is 5.17. The first-order valence-electron chi connectivity index (χ1n) is 8.74. The topological polar surface area (TPSA) is 88.4 Å². The fourth-order valence-electron chi connectivity index (χ4n) is 3.70. The smallest absolute Gasteiger partial charge is 0.275 e. The Balaban J connectivity index is 1.91. The number of hydrogen-bond donors (Lipinski definition) is 3. The Labute approximate surface area is 157 Å². The minimum absolute atomic E-state index is 0.00390. The molecule has 0 spiro atoms. The van der Waals surface area contributed by atoms with Gasteiger partial charge in [0.1, 0.15) is 29.6 Å². The fraction of sp³-hybridized carbons (Fsp3) is 0.333. The maximum absolute atomic E-state index is 11.4. The Morgan fingerprint density at radius 1 is 1.19 bits per heavy atom. The van der Waals surface area contributed by atoms with Crippen molar-refractivity contribution < 1.29 is 29.5 Å². The van der Waals surface area contributed by atoms with E-state index in [1.165, 1.54) is 18.2 Å². The van der Waals surface area contributed by atoms with E-state index in [4.69, 9.17) is 14.2 Å². The largest absolute Gasteiger partial charge is 0.508 e. The number of allylic oxidation sites excluding steroid dienone is 2. The van der Waals surface area contributed by atoms with Crippen molar-refractivity contribution in [3.63, 3.8) is 0 Å². The van der Waals surface area contributed by atoms with E-state index >= 15 is 0 Å². The molecule has 2 aliphatic heterocycles. The summed E-state index contributed by atoms with van der Waals surface area (Å²) in [6.07, 6.45) is 2.56. The Hall–Kier alpha value is -2.70. The molecule has 0 saturated carbocycles. The van der Waals surface area contributed by atoms with E-state index in [1.54, 1.807) is 19.2 Å². The molecule has 2 atom stereocenters. The number of phenols is 1. The average Bonchev–Trinajstić information content (AvgIpc) is 2.87. The molecule has 0 aromatic heterocycles.